The summed E-state index contributed by atoms with van der Waals surface area (Å²) in [5, 5.41) is 15.3. The Morgan fingerprint density at radius 3 is 2.42 bits per heavy atom. The predicted octanol–water partition coefficient (Wildman–Crippen LogP) is 5.76. The molecule has 5 heteroatoms. The molecule has 3 aromatic rings. The van der Waals surface area contributed by atoms with Crippen LogP contribution in [0, 0.1) is 11.3 Å². The molecule has 0 unspecified atom stereocenters. The van der Waals surface area contributed by atoms with Crippen molar-refractivity contribution in [2.45, 2.75) is 26.7 Å². The van der Waals surface area contributed by atoms with Gasteiger partial charge in [0.2, 0.25) is 0 Å². The van der Waals surface area contributed by atoms with Gasteiger partial charge in [0.05, 0.1) is 5.57 Å². The molecule has 0 aliphatic rings. The molecule has 2 aromatic carbocycles. The summed E-state index contributed by atoms with van der Waals surface area (Å²) in [6, 6.07) is 19.2. The highest BCUT2D eigenvalue weighted by atomic mass is 15.1. The molecule has 0 saturated carbocycles. The third-order valence-electron chi connectivity index (χ3n) is 5.89. The molecular formula is C28H35N5. The molecule has 0 atom stereocenters. The van der Waals surface area contributed by atoms with Gasteiger partial charge < -0.3 is 20.5 Å². The zero-order valence-electron chi connectivity index (χ0n) is 20.1. The topological polar surface area (TPSA) is 70.0 Å². The first-order valence-corrected chi connectivity index (χ1v) is 11.7. The molecular weight excluding hydrogens is 406 g/mol. The van der Waals surface area contributed by atoms with Crippen LogP contribution in [0.5, 0.6) is 0 Å². The number of benzene rings is 2. The van der Waals surface area contributed by atoms with Gasteiger partial charge in [0.25, 0.3) is 0 Å². The van der Waals surface area contributed by atoms with E-state index >= 15 is 0 Å². The first-order chi connectivity index (χ1) is 16.0. The predicted molar refractivity (Wildman–Crippen MR) is 141 cm³/mol. The summed E-state index contributed by atoms with van der Waals surface area (Å²) < 4.78 is 2.07. The second-order valence-electron chi connectivity index (χ2n) is 8.44. The molecule has 3 rings (SSSR count). The number of allylic oxidation sites excluding steroid dienone is 1. The fourth-order valence-electron chi connectivity index (χ4n) is 4.15. The van der Waals surface area contributed by atoms with Crippen LogP contribution in [-0.2, 0) is 7.05 Å². The summed E-state index contributed by atoms with van der Waals surface area (Å²) in [6.45, 7) is 12.5. The number of anilines is 1. The number of nitriles is 1. The van der Waals surface area contributed by atoms with Gasteiger partial charge >= 0.3 is 0 Å². The molecule has 0 amide bonds. The van der Waals surface area contributed by atoms with Crippen molar-refractivity contribution in [1.29, 1.82) is 5.26 Å². The monoisotopic (exact) mass is 441 g/mol. The van der Waals surface area contributed by atoms with Crippen molar-refractivity contribution in [3.63, 3.8) is 0 Å². The second-order valence-corrected chi connectivity index (χ2v) is 8.44. The Hall–Kier alpha value is -3.49. The Balaban J connectivity index is 1.75. The van der Waals surface area contributed by atoms with Gasteiger partial charge in [-0.15, -0.1) is 0 Å². The second kappa shape index (κ2) is 11.4. The van der Waals surface area contributed by atoms with Gasteiger partial charge in [0.15, 0.2) is 0 Å². The van der Waals surface area contributed by atoms with Crippen molar-refractivity contribution in [2.75, 3.05) is 31.5 Å². The van der Waals surface area contributed by atoms with Crippen molar-refractivity contribution < 1.29 is 0 Å². The van der Waals surface area contributed by atoms with Gasteiger partial charge in [0.1, 0.15) is 6.07 Å². The van der Waals surface area contributed by atoms with Gasteiger partial charge in [-0.2, -0.15) is 5.26 Å². The average Bonchev–Trinajstić information content (AvgIpc) is 3.17. The highest BCUT2D eigenvalue weighted by molar-refractivity contribution is 5.89. The molecule has 1 aromatic heterocycles. The van der Waals surface area contributed by atoms with Crippen molar-refractivity contribution in [1.82, 2.24) is 9.47 Å². The standard InChI is InChI=1S/C28H35N5/c1-5-14-33(15-6-2)16-13-31-26-10-9-22-17-24(8-7-23(22)18-26)28-12-11-27(32(28)4)19-25(20-29)21(3)30/h7-12,17-19,31H,3,5-6,13-16,30H2,1-2,4H3/b25-19+. The van der Waals surface area contributed by atoms with Gasteiger partial charge in [0, 0.05) is 42.9 Å². The van der Waals surface area contributed by atoms with Gasteiger partial charge in [-0.25, -0.2) is 0 Å². The van der Waals surface area contributed by atoms with Crippen molar-refractivity contribution in [3.05, 3.63) is 72.1 Å². The number of aromatic nitrogens is 1. The summed E-state index contributed by atoms with van der Waals surface area (Å²) in [6.07, 6.45) is 4.16. The maximum Gasteiger partial charge on any atom is 0.101 e. The van der Waals surface area contributed by atoms with Crippen LogP contribution in [0.3, 0.4) is 0 Å². The van der Waals surface area contributed by atoms with Crippen LogP contribution >= 0.6 is 0 Å². The SMILES string of the molecule is C=C(N)/C(C#N)=C/c1ccc(-c2ccc3cc(NCCN(CCC)CCC)ccc3c2)n1C. The van der Waals surface area contributed by atoms with E-state index in [1.807, 2.05) is 13.1 Å². The zero-order valence-corrected chi connectivity index (χ0v) is 20.1. The Bertz CT molecular complexity index is 1170. The van der Waals surface area contributed by atoms with E-state index in [1.165, 1.54) is 23.6 Å². The van der Waals surface area contributed by atoms with Gasteiger partial charge in [-0.3, -0.25) is 0 Å². The third-order valence-corrected chi connectivity index (χ3v) is 5.89. The molecule has 0 aliphatic heterocycles. The molecule has 1 heterocycles. The molecule has 5 nitrogen and oxygen atoms in total. The van der Waals surface area contributed by atoms with Crippen LogP contribution in [0.15, 0.2) is 66.4 Å². The quantitative estimate of drug-likeness (QED) is 0.293. The summed E-state index contributed by atoms with van der Waals surface area (Å²) in [4.78, 5) is 2.52. The summed E-state index contributed by atoms with van der Waals surface area (Å²) in [5.74, 6) is 0. The number of hydrogen-bond donors (Lipinski definition) is 2. The third kappa shape index (κ3) is 6.06. The first-order valence-electron chi connectivity index (χ1n) is 11.7. The van der Waals surface area contributed by atoms with Crippen LogP contribution in [0.2, 0.25) is 0 Å². The Morgan fingerprint density at radius 1 is 1.06 bits per heavy atom. The number of nitrogens with zero attached hydrogens (tertiary/aromatic N) is 3. The lowest BCUT2D eigenvalue weighted by Gasteiger charge is -2.21. The summed E-state index contributed by atoms with van der Waals surface area (Å²) in [7, 11) is 1.99. The molecule has 0 saturated heterocycles. The first kappa shape index (κ1) is 24.2. The van der Waals surface area contributed by atoms with Crippen molar-refractivity contribution in [3.8, 4) is 17.3 Å². The minimum atomic E-state index is 0.277. The molecule has 3 N–H and O–H groups in total. The fraction of sp³-hybridized carbons (Fsp3) is 0.321. The number of nitrogens with two attached hydrogens (primary N) is 1. The van der Waals surface area contributed by atoms with E-state index in [9.17, 15) is 5.26 Å². The fourth-order valence-corrected chi connectivity index (χ4v) is 4.15. The molecule has 0 fully saturated rings. The zero-order chi connectivity index (χ0) is 23.8. The number of fused-ring (bicyclic) bond motifs is 1. The highest BCUT2D eigenvalue weighted by Crippen LogP contribution is 2.28. The van der Waals surface area contributed by atoms with E-state index < -0.39 is 0 Å². The number of hydrogen-bond acceptors (Lipinski definition) is 4. The minimum absolute atomic E-state index is 0.277. The van der Waals surface area contributed by atoms with Crippen molar-refractivity contribution >= 4 is 22.5 Å². The normalized spacial score (nSPS) is 11.7. The Labute approximate surface area is 197 Å². The summed E-state index contributed by atoms with van der Waals surface area (Å²) in [5.41, 5.74) is 10.6. The number of nitrogens with one attached hydrogen (secondary N) is 1. The lowest BCUT2D eigenvalue weighted by atomic mass is 10.0. The van der Waals surface area contributed by atoms with Crippen molar-refractivity contribution in [2.24, 2.45) is 12.8 Å². The average molecular weight is 442 g/mol. The largest absolute Gasteiger partial charge is 0.398 e. The van der Waals surface area contributed by atoms with Crippen LogP contribution in [0.25, 0.3) is 28.1 Å². The molecule has 0 bridgehead atoms. The van der Waals surface area contributed by atoms with Crippen LogP contribution < -0.4 is 11.1 Å². The van der Waals surface area contributed by atoms with Crippen LogP contribution in [-0.4, -0.2) is 35.6 Å². The number of rotatable bonds is 11. The van der Waals surface area contributed by atoms with E-state index in [-0.39, 0.29) is 5.70 Å². The molecule has 33 heavy (non-hydrogen) atoms. The molecule has 0 aliphatic carbocycles. The van der Waals surface area contributed by atoms with E-state index in [2.05, 4.69) is 83.7 Å². The molecule has 0 radical (unpaired) electrons. The lowest BCUT2D eigenvalue weighted by molar-refractivity contribution is 0.285. The summed E-state index contributed by atoms with van der Waals surface area (Å²) >= 11 is 0. The Kier molecular flexibility index (Phi) is 8.34. The van der Waals surface area contributed by atoms with Gasteiger partial charge in [-0.05, 0) is 78.7 Å². The maximum absolute atomic E-state index is 9.27. The Morgan fingerprint density at radius 2 is 1.76 bits per heavy atom. The minimum Gasteiger partial charge on any atom is -0.398 e. The van der Waals surface area contributed by atoms with Crippen LogP contribution in [0.4, 0.5) is 5.69 Å². The molecule has 172 valence electrons. The van der Waals surface area contributed by atoms with E-state index in [1.54, 1.807) is 6.08 Å². The lowest BCUT2D eigenvalue weighted by Crippen LogP contribution is -2.30. The van der Waals surface area contributed by atoms with E-state index in [4.69, 9.17) is 5.73 Å². The van der Waals surface area contributed by atoms with E-state index in [0.29, 0.717) is 5.57 Å². The highest BCUT2D eigenvalue weighted by Gasteiger charge is 2.09. The van der Waals surface area contributed by atoms with Gasteiger partial charge in [-0.1, -0.05) is 38.6 Å². The smallest absolute Gasteiger partial charge is 0.101 e. The van der Waals surface area contributed by atoms with E-state index in [0.717, 1.165) is 48.8 Å². The van der Waals surface area contributed by atoms with Crippen LogP contribution in [0.1, 0.15) is 32.4 Å². The maximum atomic E-state index is 9.27. The molecule has 0 spiro atoms.